The van der Waals surface area contributed by atoms with E-state index in [2.05, 4.69) is 110 Å². The molecule has 190 valence electrons. The van der Waals surface area contributed by atoms with Gasteiger partial charge in [0.25, 0.3) is 0 Å². The topological polar surface area (TPSA) is 24.9 Å². The molecule has 1 aliphatic rings. The van der Waals surface area contributed by atoms with Crippen LogP contribution in [-0.2, 0) is 0 Å². The van der Waals surface area contributed by atoms with E-state index in [9.17, 15) is 0 Å². The normalized spacial score (nSPS) is 14.4. The fraction of sp³-hybridized carbons (Fsp3) is 0.516. The van der Waals surface area contributed by atoms with Crippen LogP contribution in [0.5, 0.6) is 11.5 Å². The minimum absolute atomic E-state index is 0.347. The van der Waals surface area contributed by atoms with Crippen molar-refractivity contribution in [2.45, 2.75) is 92.9 Å². The fourth-order valence-corrected chi connectivity index (χ4v) is 4.82. The third-order valence-corrected chi connectivity index (χ3v) is 7.09. The molecule has 2 radical (unpaired) electrons. The highest BCUT2D eigenvalue weighted by Crippen LogP contribution is 2.47. The summed E-state index contributed by atoms with van der Waals surface area (Å²) in [5, 5.41) is 0. The van der Waals surface area contributed by atoms with Crippen molar-refractivity contribution >= 4 is 11.4 Å². The van der Waals surface area contributed by atoms with Gasteiger partial charge >= 0.3 is 0 Å². The van der Waals surface area contributed by atoms with Gasteiger partial charge in [-0.15, -0.1) is 0 Å². The van der Waals surface area contributed by atoms with Crippen molar-refractivity contribution in [1.82, 2.24) is 0 Å². The van der Waals surface area contributed by atoms with E-state index in [1.807, 2.05) is 0 Å². The van der Waals surface area contributed by atoms with Crippen LogP contribution in [0.25, 0.3) is 0 Å². The standard InChI is InChI=1S/C31H44N2O2/c1-18(2)26-13-24(34-11)14-27(19(3)4)30(26)32-17-33(23(10)22(32)9)31-28(20(5)6)15-25(35-12)16-29(31)21(7)8/h13-16,18-21H,1-12H3. The van der Waals surface area contributed by atoms with Crippen molar-refractivity contribution < 1.29 is 9.47 Å². The Kier molecular flexibility index (Phi) is 8.14. The lowest BCUT2D eigenvalue weighted by Gasteiger charge is -2.31. The Balaban J connectivity index is 2.24. The van der Waals surface area contributed by atoms with Crippen LogP contribution in [-0.4, -0.2) is 14.2 Å². The van der Waals surface area contributed by atoms with Crippen molar-refractivity contribution in [3.05, 3.63) is 64.6 Å². The van der Waals surface area contributed by atoms with Gasteiger partial charge in [-0.2, -0.15) is 0 Å². The predicted octanol–water partition coefficient (Wildman–Crippen LogP) is 8.77. The summed E-state index contributed by atoms with van der Waals surface area (Å²) in [7, 11) is 3.50. The molecule has 0 fully saturated rings. The maximum Gasteiger partial charge on any atom is 0.218 e. The Bertz CT molecular complexity index is 952. The quantitative estimate of drug-likeness (QED) is 0.380. The van der Waals surface area contributed by atoms with E-state index >= 15 is 0 Å². The van der Waals surface area contributed by atoms with Gasteiger partial charge in [0.1, 0.15) is 11.5 Å². The number of hydrogen-bond donors (Lipinski definition) is 0. The van der Waals surface area contributed by atoms with Crippen LogP contribution in [0.2, 0.25) is 0 Å². The smallest absolute Gasteiger partial charge is 0.218 e. The van der Waals surface area contributed by atoms with Crippen LogP contribution in [0, 0.1) is 6.67 Å². The second-order valence-corrected chi connectivity index (χ2v) is 10.9. The maximum atomic E-state index is 5.68. The molecule has 1 aliphatic heterocycles. The molecule has 2 aromatic rings. The molecule has 0 bridgehead atoms. The van der Waals surface area contributed by atoms with Gasteiger partial charge in [-0.05, 0) is 84.0 Å². The van der Waals surface area contributed by atoms with E-state index in [0.717, 1.165) is 11.5 Å². The molecule has 0 spiro atoms. The first-order chi connectivity index (χ1) is 16.4. The number of benzene rings is 2. The summed E-state index contributed by atoms with van der Waals surface area (Å²) in [5.74, 6) is 3.21. The zero-order chi connectivity index (χ0) is 26.2. The number of methoxy groups -OCH3 is 2. The molecule has 0 saturated heterocycles. The van der Waals surface area contributed by atoms with Crippen LogP contribution >= 0.6 is 0 Å². The molecular formula is C31H44N2O2. The molecule has 3 rings (SSSR count). The lowest BCUT2D eigenvalue weighted by atomic mass is 9.91. The predicted molar refractivity (Wildman–Crippen MR) is 149 cm³/mol. The third kappa shape index (κ3) is 5.03. The Hall–Kier alpha value is -2.62. The number of anilines is 2. The Morgan fingerprint density at radius 1 is 0.543 bits per heavy atom. The van der Waals surface area contributed by atoms with Gasteiger partial charge in [0.15, 0.2) is 0 Å². The van der Waals surface area contributed by atoms with Gasteiger partial charge in [-0.25, -0.2) is 0 Å². The number of allylic oxidation sites excluding steroid dienone is 2. The summed E-state index contributed by atoms with van der Waals surface area (Å²) in [6, 6.07) is 8.74. The van der Waals surface area contributed by atoms with Crippen LogP contribution in [0.3, 0.4) is 0 Å². The van der Waals surface area contributed by atoms with E-state index in [1.54, 1.807) is 14.2 Å². The van der Waals surface area contributed by atoms with Crippen molar-refractivity contribution in [1.29, 1.82) is 0 Å². The molecule has 0 amide bonds. The lowest BCUT2D eigenvalue weighted by molar-refractivity contribution is 0.413. The van der Waals surface area contributed by atoms with Gasteiger partial charge in [-0.3, -0.25) is 0 Å². The fourth-order valence-electron chi connectivity index (χ4n) is 4.82. The molecule has 0 saturated carbocycles. The van der Waals surface area contributed by atoms with Crippen LogP contribution < -0.4 is 19.3 Å². The highest BCUT2D eigenvalue weighted by molar-refractivity contribution is 5.77. The van der Waals surface area contributed by atoms with Crippen LogP contribution in [0.4, 0.5) is 11.4 Å². The second-order valence-electron chi connectivity index (χ2n) is 10.9. The molecule has 1 heterocycles. The highest BCUT2D eigenvalue weighted by atomic mass is 16.5. The highest BCUT2D eigenvalue weighted by Gasteiger charge is 2.34. The van der Waals surface area contributed by atoms with E-state index in [1.165, 1.54) is 45.0 Å². The molecule has 0 unspecified atom stereocenters. The molecule has 0 atom stereocenters. The monoisotopic (exact) mass is 476 g/mol. The van der Waals surface area contributed by atoms with E-state index < -0.39 is 0 Å². The Labute approximate surface area is 213 Å². The molecular weight excluding hydrogens is 432 g/mol. The molecule has 0 aromatic heterocycles. The summed E-state index contributed by atoms with van der Waals surface area (Å²) in [4.78, 5) is 4.55. The van der Waals surface area contributed by atoms with Gasteiger partial charge in [0.2, 0.25) is 6.67 Å². The summed E-state index contributed by atoms with van der Waals surface area (Å²) in [6.45, 7) is 26.2. The molecule has 4 heteroatoms. The Morgan fingerprint density at radius 2 is 0.800 bits per heavy atom. The van der Waals surface area contributed by atoms with Gasteiger partial charge in [-0.1, -0.05) is 55.4 Å². The zero-order valence-electron chi connectivity index (χ0n) is 23.8. The number of nitrogens with zero attached hydrogens (tertiary/aromatic N) is 2. The second kappa shape index (κ2) is 10.6. The lowest BCUT2D eigenvalue weighted by Crippen LogP contribution is -2.25. The summed E-state index contributed by atoms with van der Waals surface area (Å²) < 4.78 is 11.4. The van der Waals surface area contributed by atoms with Gasteiger partial charge in [0.05, 0.1) is 25.6 Å². The number of hydrogen-bond acceptors (Lipinski definition) is 4. The first-order valence-corrected chi connectivity index (χ1v) is 12.9. The number of rotatable bonds is 8. The minimum Gasteiger partial charge on any atom is -0.497 e. The largest absolute Gasteiger partial charge is 0.497 e. The third-order valence-electron chi connectivity index (χ3n) is 7.09. The van der Waals surface area contributed by atoms with Crippen LogP contribution in [0.1, 0.15) is 115 Å². The van der Waals surface area contributed by atoms with E-state index in [0.29, 0.717) is 23.7 Å². The summed E-state index contributed by atoms with van der Waals surface area (Å²) in [6.07, 6.45) is 0. The van der Waals surface area contributed by atoms with Crippen LogP contribution in [0.15, 0.2) is 35.7 Å². The van der Waals surface area contributed by atoms with Crippen molar-refractivity contribution in [2.75, 3.05) is 24.0 Å². The minimum atomic E-state index is 0.347. The average Bonchev–Trinajstić information content (AvgIpc) is 3.10. The Morgan fingerprint density at radius 3 is 1.00 bits per heavy atom. The molecule has 0 N–H and O–H groups in total. The van der Waals surface area contributed by atoms with E-state index in [-0.39, 0.29) is 0 Å². The average molecular weight is 477 g/mol. The summed E-state index contributed by atoms with van der Waals surface area (Å²) >= 11 is 0. The SMILES string of the molecule is COc1cc(C(C)C)c(N2[C]N(c3c(C(C)C)cc(OC)cc3C(C)C)C(C)=C2C)c(C(C)C)c1. The van der Waals surface area contributed by atoms with Crippen molar-refractivity contribution in [2.24, 2.45) is 0 Å². The first-order valence-electron chi connectivity index (χ1n) is 12.9. The van der Waals surface area contributed by atoms with Gasteiger partial charge < -0.3 is 19.3 Å². The van der Waals surface area contributed by atoms with Gasteiger partial charge in [0, 0.05) is 11.4 Å². The summed E-state index contributed by atoms with van der Waals surface area (Å²) in [5.41, 5.74) is 9.94. The van der Waals surface area contributed by atoms with E-state index in [4.69, 9.17) is 9.47 Å². The zero-order valence-corrected chi connectivity index (χ0v) is 23.8. The molecule has 4 nitrogen and oxygen atoms in total. The maximum absolute atomic E-state index is 5.68. The molecule has 2 aromatic carbocycles. The van der Waals surface area contributed by atoms with Crippen molar-refractivity contribution in [3.63, 3.8) is 0 Å². The molecule has 35 heavy (non-hydrogen) atoms. The number of ether oxygens (including phenoxy) is 2. The van der Waals surface area contributed by atoms with Crippen molar-refractivity contribution in [3.8, 4) is 11.5 Å². The molecule has 0 aliphatic carbocycles. The first kappa shape index (κ1) is 27.0.